The second kappa shape index (κ2) is 64.5. The van der Waals surface area contributed by atoms with Crippen LogP contribution in [0.2, 0.25) is 0 Å². The molecule has 0 heterocycles. The van der Waals surface area contributed by atoms with Gasteiger partial charge < -0.3 is 28.8 Å². The molecule has 0 saturated carbocycles. The summed E-state index contributed by atoms with van der Waals surface area (Å²) in [5.41, 5.74) is 0. The van der Waals surface area contributed by atoms with Gasteiger partial charge in [-0.2, -0.15) is 0 Å². The number of carbonyl (C=O) groups is 1. The number of aliphatic hydroxyl groups excluding tert-OH is 1. The summed E-state index contributed by atoms with van der Waals surface area (Å²) in [6.45, 7) is 4.72. The van der Waals surface area contributed by atoms with E-state index in [1.54, 1.807) is 6.08 Å². The smallest absolute Gasteiger partial charge is 0.268 e. The minimum atomic E-state index is -4.60. The molecular weight excluding hydrogens is 1030 g/mol. The highest BCUT2D eigenvalue weighted by Crippen LogP contribution is 2.38. The number of quaternary nitrogens is 1. The standard InChI is InChI=1S/C73H145N2O6P/c1-6-8-10-12-14-16-18-20-22-24-26-28-30-32-34-36-37-39-40-42-44-46-48-50-52-54-56-58-60-62-64-66-72(76)71(70-81-82(78,79)80-69-68-75(3,4)5)74-73(77)67-65-63-61-59-57-55-53-51-49-47-45-43-41-38-35-33-31-29-27-25-23-21-19-17-15-13-11-9-7-2/h25,27,64,66,71-72,76H,6-24,26,28-63,65,67-70H2,1-5H3,(H-,74,77,78,79)/b27-25-,66-64+. The fourth-order valence-corrected chi connectivity index (χ4v) is 12.2. The number of hydrogen-bond donors (Lipinski definition) is 2. The van der Waals surface area contributed by atoms with Crippen molar-refractivity contribution >= 4 is 13.7 Å². The zero-order chi connectivity index (χ0) is 59.8. The highest BCUT2D eigenvalue weighted by atomic mass is 31.2. The van der Waals surface area contributed by atoms with Gasteiger partial charge in [-0.25, -0.2) is 0 Å². The first-order valence-electron chi connectivity index (χ1n) is 36.7. The fraction of sp³-hybridized carbons (Fsp3) is 0.932. The van der Waals surface area contributed by atoms with Crippen LogP contribution >= 0.6 is 7.82 Å². The van der Waals surface area contributed by atoms with E-state index < -0.39 is 20.0 Å². The summed E-state index contributed by atoms with van der Waals surface area (Å²) in [6, 6.07) is -0.886. The van der Waals surface area contributed by atoms with Crippen molar-refractivity contribution in [3.05, 3.63) is 24.3 Å². The second-order valence-electron chi connectivity index (χ2n) is 26.7. The molecule has 0 aliphatic heterocycles. The van der Waals surface area contributed by atoms with Gasteiger partial charge in [0.15, 0.2) is 0 Å². The van der Waals surface area contributed by atoms with Gasteiger partial charge in [0, 0.05) is 6.42 Å². The van der Waals surface area contributed by atoms with Gasteiger partial charge in [0.05, 0.1) is 39.9 Å². The highest BCUT2D eigenvalue weighted by Gasteiger charge is 2.23. The van der Waals surface area contributed by atoms with Crippen LogP contribution in [0, 0.1) is 0 Å². The Morgan fingerprint density at radius 2 is 0.671 bits per heavy atom. The average molecular weight is 1180 g/mol. The highest BCUT2D eigenvalue weighted by molar-refractivity contribution is 7.45. The monoisotopic (exact) mass is 1180 g/mol. The third-order valence-corrected chi connectivity index (χ3v) is 18.1. The van der Waals surface area contributed by atoms with Crippen LogP contribution in [0.4, 0.5) is 0 Å². The predicted molar refractivity (Wildman–Crippen MR) is 358 cm³/mol. The zero-order valence-electron chi connectivity index (χ0n) is 56.0. The molecule has 8 nitrogen and oxygen atoms in total. The minimum absolute atomic E-state index is 0.00186. The molecule has 0 radical (unpaired) electrons. The van der Waals surface area contributed by atoms with E-state index in [0.29, 0.717) is 17.4 Å². The Morgan fingerprint density at radius 1 is 0.415 bits per heavy atom. The Hall–Kier alpha value is -1.02. The molecule has 82 heavy (non-hydrogen) atoms. The molecule has 0 spiro atoms. The van der Waals surface area contributed by atoms with Crippen molar-refractivity contribution in [3.8, 4) is 0 Å². The van der Waals surface area contributed by atoms with Gasteiger partial charge >= 0.3 is 0 Å². The summed E-state index contributed by atoms with van der Waals surface area (Å²) in [4.78, 5) is 25.7. The Labute approximate surface area is 513 Å². The van der Waals surface area contributed by atoms with E-state index >= 15 is 0 Å². The van der Waals surface area contributed by atoms with E-state index in [0.717, 1.165) is 38.5 Å². The quantitative estimate of drug-likeness (QED) is 0.0272. The molecule has 0 bridgehead atoms. The maximum absolute atomic E-state index is 13.0. The molecule has 0 rings (SSSR count). The van der Waals surface area contributed by atoms with E-state index in [1.165, 1.54) is 327 Å². The van der Waals surface area contributed by atoms with Crippen LogP contribution in [0.25, 0.3) is 0 Å². The normalized spacial score (nSPS) is 13.7. The number of allylic oxidation sites excluding steroid dienone is 3. The SMILES string of the molecule is CCCCCCCCCC/C=C\CCCCCCCCCCCCCCCCCCCC(=O)NC(COP(=O)([O-])OCC[N+](C)(C)C)C(O)/C=C/CCCCCCCCCCCCCCCCCCCCCCCCCCCCCCC. The number of phosphoric acid groups is 1. The molecule has 2 N–H and O–H groups in total. The number of aliphatic hydroxyl groups is 1. The summed E-state index contributed by atoms with van der Waals surface area (Å²) in [5, 5.41) is 14.0. The van der Waals surface area contributed by atoms with Gasteiger partial charge in [0.1, 0.15) is 13.2 Å². The van der Waals surface area contributed by atoms with Gasteiger partial charge in [-0.15, -0.1) is 0 Å². The van der Waals surface area contributed by atoms with Crippen molar-refractivity contribution in [1.29, 1.82) is 0 Å². The van der Waals surface area contributed by atoms with Crippen LogP contribution < -0.4 is 10.2 Å². The van der Waals surface area contributed by atoms with E-state index in [9.17, 15) is 19.4 Å². The molecule has 0 aromatic rings. The summed E-state index contributed by atoms with van der Waals surface area (Å²) in [7, 11) is 1.28. The topological polar surface area (TPSA) is 108 Å². The number of phosphoric ester groups is 1. The number of rotatable bonds is 69. The molecule has 1 amide bonds. The summed E-state index contributed by atoms with van der Waals surface area (Å²) in [5.74, 6) is -0.189. The van der Waals surface area contributed by atoms with Crippen molar-refractivity contribution in [2.45, 2.75) is 398 Å². The lowest BCUT2D eigenvalue weighted by Crippen LogP contribution is -2.45. The number of nitrogens with zero attached hydrogens (tertiary/aromatic N) is 1. The number of amides is 1. The number of likely N-dealkylation sites (N-methyl/N-ethyl adjacent to an activating group) is 1. The van der Waals surface area contributed by atoms with Crippen LogP contribution in [0.15, 0.2) is 24.3 Å². The Kier molecular flexibility index (Phi) is 63.7. The van der Waals surface area contributed by atoms with Gasteiger partial charge in [-0.1, -0.05) is 359 Å². The first-order chi connectivity index (χ1) is 40.0. The summed E-state index contributed by atoms with van der Waals surface area (Å²) in [6.07, 6.45) is 84.6. The van der Waals surface area contributed by atoms with Crippen LogP contribution in [0.3, 0.4) is 0 Å². The van der Waals surface area contributed by atoms with Gasteiger partial charge in [-0.05, 0) is 44.9 Å². The van der Waals surface area contributed by atoms with Crippen LogP contribution in [0.5, 0.6) is 0 Å². The van der Waals surface area contributed by atoms with E-state index in [4.69, 9.17) is 9.05 Å². The summed E-state index contributed by atoms with van der Waals surface area (Å²) >= 11 is 0. The Morgan fingerprint density at radius 3 is 0.951 bits per heavy atom. The molecular formula is C73H145N2O6P. The first kappa shape index (κ1) is 81.0. The number of carbonyl (C=O) groups excluding carboxylic acids is 1. The third-order valence-electron chi connectivity index (χ3n) is 17.2. The predicted octanol–water partition coefficient (Wildman–Crippen LogP) is 22.8. The van der Waals surface area contributed by atoms with E-state index in [1.807, 2.05) is 27.2 Å². The number of nitrogens with one attached hydrogen (secondary N) is 1. The fourth-order valence-electron chi connectivity index (χ4n) is 11.4. The van der Waals surface area contributed by atoms with E-state index in [2.05, 4.69) is 31.3 Å². The summed E-state index contributed by atoms with van der Waals surface area (Å²) < 4.78 is 23.5. The van der Waals surface area contributed by atoms with Gasteiger partial charge in [0.2, 0.25) is 5.91 Å². The lowest BCUT2D eigenvalue weighted by atomic mass is 10.0. The van der Waals surface area contributed by atoms with Crippen LogP contribution in [0.1, 0.15) is 386 Å². The molecule has 3 atom stereocenters. The van der Waals surface area contributed by atoms with E-state index in [-0.39, 0.29) is 19.1 Å². The molecule has 0 aromatic carbocycles. The van der Waals surface area contributed by atoms with Crippen molar-refractivity contribution in [3.63, 3.8) is 0 Å². The van der Waals surface area contributed by atoms with Gasteiger partial charge in [-0.3, -0.25) is 9.36 Å². The number of hydrogen-bond acceptors (Lipinski definition) is 6. The second-order valence-corrected chi connectivity index (χ2v) is 28.1. The molecule has 0 aliphatic carbocycles. The third kappa shape index (κ3) is 66.5. The molecule has 0 aromatic heterocycles. The lowest BCUT2D eigenvalue weighted by molar-refractivity contribution is -0.870. The number of unbranched alkanes of at least 4 members (excludes halogenated alkanes) is 54. The van der Waals surface area contributed by atoms with Crippen LogP contribution in [-0.2, 0) is 18.4 Å². The minimum Gasteiger partial charge on any atom is -0.756 e. The van der Waals surface area contributed by atoms with Crippen molar-refractivity contribution in [2.75, 3.05) is 40.9 Å². The molecule has 0 aliphatic rings. The molecule has 0 fully saturated rings. The van der Waals surface area contributed by atoms with Crippen molar-refractivity contribution < 1.29 is 32.9 Å². The molecule has 488 valence electrons. The molecule has 9 heteroatoms. The van der Waals surface area contributed by atoms with Crippen LogP contribution in [-0.4, -0.2) is 68.5 Å². The maximum Gasteiger partial charge on any atom is 0.268 e. The molecule has 3 unspecified atom stereocenters. The molecule has 0 saturated heterocycles. The average Bonchev–Trinajstić information content (AvgIpc) is 3.47. The largest absolute Gasteiger partial charge is 0.756 e. The Bertz CT molecular complexity index is 1390. The van der Waals surface area contributed by atoms with Gasteiger partial charge in [0.25, 0.3) is 7.82 Å². The Balaban J connectivity index is 4.01. The van der Waals surface area contributed by atoms with Crippen molar-refractivity contribution in [1.82, 2.24) is 5.32 Å². The van der Waals surface area contributed by atoms with Crippen molar-refractivity contribution in [2.24, 2.45) is 0 Å². The first-order valence-corrected chi connectivity index (χ1v) is 38.2. The zero-order valence-corrected chi connectivity index (χ0v) is 56.9. The lowest BCUT2D eigenvalue weighted by Gasteiger charge is -2.29. The maximum atomic E-state index is 13.0.